The third-order valence-electron chi connectivity index (χ3n) is 5.88. The van der Waals surface area contributed by atoms with E-state index in [0.29, 0.717) is 34.7 Å². The van der Waals surface area contributed by atoms with Gasteiger partial charge in [0.15, 0.2) is 5.78 Å². The van der Waals surface area contributed by atoms with Crippen LogP contribution in [0.2, 0.25) is 5.02 Å². The number of para-hydroxylation sites is 1. The molecule has 1 aliphatic rings. The van der Waals surface area contributed by atoms with Crippen LogP contribution >= 0.6 is 11.6 Å². The molecule has 3 rings (SSSR count). The largest absolute Gasteiger partial charge is 0.426 e. The van der Waals surface area contributed by atoms with Crippen molar-refractivity contribution in [2.24, 2.45) is 5.92 Å². The number of ketones is 1. The van der Waals surface area contributed by atoms with Gasteiger partial charge in [0.1, 0.15) is 11.3 Å². The Morgan fingerprint density at radius 2 is 1.78 bits per heavy atom. The molecule has 2 aromatic carbocycles. The predicted molar refractivity (Wildman–Crippen MR) is 125 cm³/mol. The lowest BCUT2D eigenvalue weighted by atomic mass is 9.74. The molecule has 1 aliphatic carbocycles. The fourth-order valence-corrected chi connectivity index (χ4v) is 4.32. The first kappa shape index (κ1) is 23.7. The number of hydrogen-bond donors (Lipinski definition) is 0. The number of esters is 1. The number of amides is 1. The Kier molecular flexibility index (Phi) is 7.52. The van der Waals surface area contributed by atoms with Crippen molar-refractivity contribution in [3.05, 3.63) is 70.8 Å². The Balaban J connectivity index is 1.92. The Bertz CT molecular complexity index is 1050. The van der Waals surface area contributed by atoms with E-state index in [0.717, 1.165) is 12.8 Å². The van der Waals surface area contributed by atoms with E-state index in [1.807, 2.05) is 18.2 Å². The SMILES string of the molecule is CC(C)C(=O)Oc1ccccc1/C=C/C(=O)N(C)[C@]1(c2ccccc2Cl)CCCCC1=O. The van der Waals surface area contributed by atoms with Crippen molar-refractivity contribution in [1.29, 1.82) is 0 Å². The van der Waals surface area contributed by atoms with E-state index in [9.17, 15) is 14.4 Å². The Morgan fingerprint density at radius 1 is 1.09 bits per heavy atom. The summed E-state index contributed by atoms with van der Waals surface area (Å²) in [5.41, 5.74) is 0.161. The minimum Gasteiger partial charge on any atom is -0.426 e. The van der Waals surface area contributed by atoms with E-state index in [1.54, 1.807) is 57.3 Å². The number of halogens is 1. The Morgan fingerprint density at radius 3 is 2.47 bits per heavy atom. The highest BCUT2D eigenvalue weighted by molar-refractivity contribution is 6.31. The molecule has 0 aliphatic heterocycles. The molecule has 6 heteroatoms. The van der Waals surface area contributed by atoms with Gasteiger partial charge in [0.05, 0.1) is 5.92 Å². The summed E-state index contributed by atoms with van der Waals surface area (Å²) >= 11 is 6.47. The van der Waals surface area contributed by atoms with E-state index in [4.69, 9.17) is 16.3 Å². The fraction of sp³-hybridized carbons (Fsp3) is 0.346. The molecule has 1 atom stereocenters. The van der Waals surface area contributed by atoms with Gasteiger partial charge in [-0.1, -0.05) is 61.8 Å². The number of Topliss-reactive ketones (excluding diaryl/α,β-unsaturated/α-hetero) is 1. The zero-order valence-corrected chi connectivity index (χ0v) is 19.4. The highest BCUT2D eigenvalue weighted by atomic mass is 35.5. The molecule has 5 nitrogen and oxygen atoms in total. The van der Waals surface area contributed by atoms with E-state index in [-0.39, 0.29) is 23.6 Å². The molecule has 0 radical (unpaired) electrons. The van der Waals surface area contributed by atoms with Gasteiger partial charge in [0, 0.05) is 35.7 Å². The van der Waals surface area contributed by atoms with Crippen molar-refractivity contribution >= 4 is 35.3 Å². The van der Waals surface area contributed by atoms with Crippen molar-refractivity contribution in [2.45, 2.75) is 45.1 Å². The van der Waals surface area contributed by atoms with Crippen LogP contribution < -0.4 is 4.74 Å². The van der Waals surface area contributed by atoms with Crippen molar-refractivity contribution in [2.75, 3.05) is 7.05 Å². The Labute approximate surface area is 194 Å². The molecule has 0 saturated heterocycles. The lowest BCUT2D eigenvalue weighted by Crippen LogP contribution is -2.53. The molecule has 0 unspecified atom stereocenters. The lowest BCUT2D eigenvalue weighted by Gasteiger charge is -2.43. The number of benzene rings is 2. The zero-order valence-electron chi connectivity index (χ0n) is 18.6. The van der Waals surface area contributed by atoms with Gasteiger partial charge in [-0.3, -0.25) is 14.4 Å². The molecular formula is C26H28ClNO4. The van der Waals surface area contributed by atoms with Crippen LogP contribution in [0.5, 0.6) is 5.75 Å². The fourth-order valence-electron chi connectivity index (χ4n) is 4.03. The van der Waals surface area contributed by atoms with Crippen molar-refractivity contribution < 1.29 is 19.1 Å². The summed E-state index contributed by atoms with van der Waals surface area (Å²) in [5, 5.41) is 0.470. The number of carbonyl (C=O) groups is 3. The normalized spacial score (nSPS) is 18.7. The van der Waals surface area contributed by atoms with Gasteiger partial charge in [-0.25, -0.2) is 0 Å². The van der Waals surface area contributed by atoms with Crippen LogP contribution in [0.4, 0.5) is 0 Å². The van der Waals surface area contributed by atoms with E-state index < -0.39 is 5.54 Å². The molecule has 0 spiro atoms. The quantitative estimate of drug-likeness (QED) is 0.333. The van der Waals surface area contributed by atoms with Gasteiger partial charge in [-0.2, -0.15) is 0 Å². The van der Waals surface area contributed by atoms with Crippen LogP contribution in [0.25, 0.3) is 6.08 Å². The second-order valence-electron chi connectivity index (χ2n) is 8.31. The van der Waals surface area contributed by atoms with Crippen molar-refractivity contribution in [3.63, 3.8) is 0 Å². The van der Waals surface area contributed by atoms with Gasteiger partial charge < -0.3 is 9.64 Å². The number of hydrogen-bond acceptors (Lipinski definition) is 4. The first-order chi connectivity index (χ1) is 15.3. The standard InChI is InChI=1S/C26H28ClNO4/c1-18(2)25(31)32-22-13-7-4-10-19(22)15-16-24(30)28(3)26(17-9-8-14-23(26)29)20-11-5-6-12-21(20)27/h4-7,10-13,15-16,18H,8-9,14,17H2,1-3H3/b16-15+/t26-/m0/s1. The molecule has 0 heterocycles. The van der Waals surface area contributed by atoms with E-state index >= 15 is 0 Å². The number of likely N-dealkylation sites (N-methyl/N-ethyl adjacent to an activating group) is 1. The van der Waals surface area contributed by atoms with Gasteiger partial charge in [-0.15, -0.1) is 0 Å². The molecule has 0 N–H and O–H groups in total. The summed E-state index contributed by atoms with van der Waals surface area (Å²) in [6, 6.07) is 14.2. The maximum absolute atomic E-state index is 13.2. The summed E-state index contributed by atoms with van der Waals surface area (Å²) in [6.45, 7) is 3.52. The average molecular weight is 454 g/mol. The molecule has 1 fully saturated rings. The topological polar surface area (TPSA) is 63.7 Å². The molecule has 0 aromatic heterocycles. The molecule has 1 amide bonds. The van der Waals surface area contributed by atoms with Gasteiger partial charge in [-0.05, 0) is 37.5 Å². The highest BCUT2D eigenvalue weighted by Crippen LogP contribution is 2.42. The lowest BCUT2D eigenvalue weighted by molar-refractivity contribution is -0.144. The molecule has 1 saturated carbocycles. The van der Waals surface area contributed by atoms with E-state index in [1.165, 1.54) is 11.0 Å². The zero-order chi connectivity index (χ0) is 23.3. The first-order valence-electron chi connectivity index (χ1n) is 10.8. The molecule has 2 aromatic rings. The van der Waals surface area contributed by atoms with Crippen LogP contribution in [0.15, 0.2) is 54.6 Å². The van der Waals surface area contributed by atoms with Gasteiger partial charge in [0.2, 0.25) is 5.91 Å². The summed E-state index contributed by atoms with van der Waals surface area (Å²) < 4.78 is 5.45. The molecule has 32 heavy (non-hydrogen) atoms. The maximum Gasteiger partial charge on any atom is 0.313 e. The van der Waals surface area contributed by atoms with Crippen LogP contribution in [-0.4, -0.2) is 29.6 Å². The monoisotopic (exact) mass is 453 g/mol. The number of rotatable bonds is 6. The summed E-state index contributed by atoms with van der Waals surface area (Å²) in [6.07, 6.45) is 5.57. The third kappa shape index (κ3) is 4.78. The van der Waals surface area contributed by atoms with Crippen LogP contribution in [0, 0.1) is 5.92 Å². The van der Waals surface area contributed by atoms with Gasteiger partial charge >= 0.3 is 5.97 Å². The maximum atomic E-state index is 13.2. The summed E-state index contributed by atoms with van der Waals surface area (Å²) in [5.74, 6) is -0.572. The van der Waals surface area contributed by atoms with Gasteiger partial charge in [0.25, 0.3) is 0 Å². The smallest absolute Gasteiger partial charge is 0.313 e. The second kappa shape index (κ2) is 10.1. The molecular weight excluding hydrogens is 426 g/mol. The highest BCUT2D eigenvalue weighted by Gasteiger charge is 2.47. The third-order valence-corrected chi connectivity index (χ3v) is 6.21. The van der Waals surface area contributed by atoms with Crippen molar-refractivity contribution in [1.82, 2.24) is 4.90 Å². The summed E-state index contributed by atoms with van der Waals surface area (Å²) in [7, 11) is 1.64. The average Bonchev–Trinajstić information content (AvgIpc) is 2.78. The number of nitrogens with zero attached hydrogens (tertiary/aromatic N) is 1. The minimum absolute atomic E-state index is 0.00707. The minimum atomic E-state index is -1.10. The number of ether oxygens (including phenoxy) is 1. The summed E-state index contributed by atoms with van der Waals surface area (Å²) in [4.78, 5) is 39.9. The van der Waals surface area contributed by atoms with E-state index in [2.05, 4.69) is 0 Å². The van der Waals surface area contributed by atoms with Crippen LogP contribution in [0.1, 0.15) is 50.7 Å². The second-order valence-corrected chi connectivity index (χ2v) is 8.72. The Hall–Kier alpha value is -2.92. The first-order valence-corrected chi connectivity index (χ1v) is 11.2. The van der Waals surface area contributed by atoms with Crippen molar-refractivity contribution in [3.8, 4) is 5.75 Å². The molecule has 0 bridgehead atoms. The van der Waals surface area contributed by atoms with Crippen LogP contribution in [0.3, 0.4) is 0 Å². The van der Waals surface area contributed by atoms with Crippen LogP contribution in [-0.2, 0) is 19.9 Å². The predicted octanol–water partition coefficient (Wildman–Crippen LogP) is 5.41. The number of carbonyl (C=O) groups excluding carboxylic acids is 3. The molecule has 168 valence electrons.